The summed E-state index contributed by atoms with van der Waals surface area (Å²) in [5, 5.41) is 44.6. The quantitative estimate of drug-likeness (QED) is 0.208. The molecule has 0 fully saturated rings. The minimum atomic E-state index is -5.28. The Morgan fingerprint density at radius 3 is 1.82 bits per heavy atom. The topological polar surface area (TPSA) is 174 Å². The number of aliphatic hydroxyl groups is 5. The second kappa shape index (κ2) is 9.40. The fourth-order valence-electron chi connectivity index (χ4n) is 0.829. The van der Waals surface area contributed by atoms with E-state index >= 15 is 0 Å². The molecule has 0 bridgehead atoms. The average Bonchev–Trinajstić information content (AvgIpc) is 2.21. The molecule has 98 valence electrons. The molecule has 11 heteroatoms. The summed E-state index contributed by atoms with van der Waals surface area (Å²) in [7, 11) is -5.28. The smallest absolute Gasteiger partial charge is 0.790 e. The van der Waals surface area contributed by atoms with Crippen LogP contribution in [0.4, 0.5) is 0 Å². The van der Waals surface area contributed by atoms with Crippen molar-refractivity contribution in [1.82, 2.24) is 0 Å². The molecule has 4 atom stereocenters. The summed E-state index contributed by atoms with van der Waals surface area (Å²) < 4.78 is 13.7. The first-order valence-corrected chi connectivity index (χ1v) is 5.65. The molecule has 0 unspecified atom stereocenters. The molecule has 0 radical (unpaired) electrons. The molecule has 0 rings (SSSR count). The van der Waals surface area contributed by atoms with Crippen molar-refractivity contribution in [2.24, 2.45) is 0 Å². The van der Waals surface area contributed by atoms with Gasteiger partial charge in [0.15, 0.2) is 0 Å². The first kappa shape index (κ1) is 20.8. The van der Waals surface area contributed by atoms with E-state index in [1.54, 1.807) is 0 Å². The maximum absolute atomic E-state index is 10.0. The van der Waals surface area contributed by atoms with E-state index in [0.717, 1.165) is 0 Å². The largest absolute Gasteiger partial charge is 2.00 e. The van der Waals surface area contributed by atoms with Gasteiger partial charge in [0, 0.05) is 0 Å². The van der Waals surface area contributed by atoms with E-state index in [2.05, 4.69) is 4.52 Å². The summed E-state index contributed by atoms with van der Waals surface area (Å²) in [6.45, 7) is -1.92. The van der Waals surface area contributed by atoms with Crippen LogP contribution in [0.2, 0.25) is 0 Å². The molecule has 0 aromatic rings. The molecule has 0 aromatic heterocycles. The van der Waals surface area contributed by atoms with Crippen LogP contribution in [-0.4, -0.2) is 112 Å². The van der Waals surface area contributed by atoms with Crippen LogP contribution in [0.15, 0.2) is 0 Å². The van der Waals surface area contributed by atoms with Crippen molar-refractivity contribution in [3.8, 4) is 0 Å². The third kappa shape index (κ3) is 9.08. The number of rotatable bonds is 7. The molecule has 0 heterocycles. The first-order valence-electron chi connectivity index (χ1n) is 4.18. The number of hydrogen-bond donors (Lipinski definition) is 5. The first-order chi connectivity index (χ1) is 7.19. The van der Waals surface area contributed by atoms with E-state index in [4.69, 9.17) is 25.5 Å². The Kier molecular flexibility index (Phi) is 11.5. The Labute approximate surface area is 137 Å². The van der Waals surface area contributed by atoms with Crippen LogP contribution < -0.4 is 9.79 Å². The summed E-state index contributed by atoms with van der Waals surface area (Å²) in [4.78, 5) is 20.0. The van der Waals surface area contributed by atoms with Crippen molar-refractivity contribution < 1.29 is 44.4 Å². The van der Waals surface area contributed by atoms with Crippen molar-refractivity contribution >= 4 is 56.7 Å². The van der Waals surface area contributed by atoms with Gasteiger partial charge in [-0.2, -0.15) is 0 Å². The zero-order chi connectivity index (χ0) is 12.9. The molecule has 0 saturated carbocycles. The number of hydrogen-bond acceptors (Lipinski definition) is 9. The van der Waals surface area contributed by atoms with Crippen LogP contribution in [0.3, 0.4) is 0 Å². The second-order valence-corrected chi connectivity index (χ2v) is 4.19. The van der Waals surface area contributed by atoms with Gasteiger partial charge in [0.1, 0.15) is 24.4 Å². The third-order valence-corrected chi connectivity index (χ3v) is 2.19. The molecule has 0 saturated heterocycles. The van der Waals surface area contributed by atoms with Crippen molar-refractivity contribution in [3.63, 3.8) is 0 Å². The summed E-state index contributed by atoms with van der Waals surface area (Å²) in [6.07, 6.45) is -7.47. The van der Waals surface area contributed by atoms with Gasteiger partial charge in [0.05, 0.1) is 21.0 Å². The summed E-state index contributed by atoms with van der Waals surface area (Å²) in [5.41, 5.74) is 0. The average molecular weight is 397 g/mol. The Bertz CT molecular complexity index is 246. The van der Waals surface area contributed by atoms with Gasteiger partial charge in [-0.1, -0.05) is 0 Å². The van der Waals surface area contributed by atoms with Crippen LogP contribution in [0.1, 0.15) is 0 Å². The Morgan fingerprint density at radius 1 is 1.06 bits per heavy atom. The van der Waals surface area contributed by atoms with Gasteiger partial charge >= 0.3 is 48.9 Å². The molecule has 0 aliphatic rings. The molecule has 0 aromatic carbocycles. The fourth-order valence-corrected chi connectivity index (χ4v) is 1.16. The van der Waals surface area contributed by atoms with E-state index in [0.29, 0.717) is 0 Å². The molecule has 0 aliphatic carbocycles. The van der Waals surface area contributed by atoms with E-state index in [-0.39, 0.29) is 48.9 Å². The molecular formula is C6H13BaO9P. The normalized spacial score (nSPS) is 19.0. The summed E-state index contributed by atoms with van der Waals surface area (Å²) in [6, 6.07) is 0. The minimum absolute atomic E-state index is 0. The van der Waals surface area contributed by atoms with Crippen LogP contribution in [0.5, 0.6) is 0 Å². The van der Waals surface area contributed by atoms with Gasteiger partial charge in [-0.05, 0) is 0 Å². The van der Waals surface area contributed by atoms with Crippen molar-refractivity contribution in [1.29, 1.82) is 0 Å². The molecule has 9 nitrogen and oxygen atoms in total. The third-order valence-electron chi connectivity index (χ3n) is 1.73. The van der Waals surface area contributed by atoms with Crippen LogP contribution >= 0.6 is 7.82 Å². The van der Waals surface area contributed by atoms with Gasteiger partial charge in [-0.3, -0.25) is 0 Å². The van der Waals surface area contributed by atoms with Crippen LogP contribution in [-0.2, 0) is 9.09 Å². The molecule has 0 aliphatic heterocycles. The summed E-state index contributed by atoms with van der Waals surface area (Å²) >= 11 is 0. The SMILES string of the molecule is O=P([O-])([O-])OC[C@H](O)[C@H](O)[C@@H](O)[C@@H](O)CO.[Ba+2]. The molecule has 17 heavy (non-hydrogen) atoms. The standard InChI is InChI=1S/C6H15O9P.Ba/c7-1-3(8)5(10)6(11)4(9)2-15-16(12,13)14;/h3-11H,1-2H2,(H2,12,13,14);/q;+2/p-2/t3-,4-,5-,6-;/m0./s1. The Balaban J connectivity index is 0. The van der Waals surface area contributed by atoms with Gasteiger partial charge in [-0.15, -0.1) is 0 Å². The van der Waals surface area contributed by atoms with Gasteiger partial charge in [-0.25, -0.2) is 0 Å². The Morgan fingerprint density at radius 2 is 1.47 bits per heavy atom. The van der Waals surface area contributed by atoms with Crippen LogP contribution in [0.25, 0.3) is 0 Å². The number of phosphoric ester groups is 1. The molecule has 0 spiro atoms. The predicted molar refractivity (Wildman–Crippen MR) is 50.4 cm³/mol. The maximum Gasteiger partial charge on any atom is 2.00 e. The second-order valence-electron chi connectivity index (χ2n) is 3.04. The molecule has 0 amide bonds. The zero-order valence-corrected chi connectivity index (χ0v) is 14.1. The van der Waals surface area contributed by atoms with Crippen molar-refractivity contribution in [2.75, 3.05) is 13.2 Å². The zero-order valence-electron chi connectivity index (χ0n) is 8.75. The number of phosphoric acid groups is 1. The van der Waals surface area contributed by atoms with Crippen LogP contribution in [0, 0.1) is 0 Å². The minimum Gasteiger partial charge on any atom is -0.790 e. The van der Waals surface area contributed by atoms with E-state index in [9.17, 15) is 14.4 Å². The van der Waals surface area contributed by atoms with Crippen molar-refractivity contribution in [3.05, 3.63) is 0 Å². The molecule has 5 N–H and O–H groups in total. The van der Waals surface area contributed by atoms with E-state index < -0.39 is 45.5 Å². The van der Waals surface area contributed by atoms with E-state index in [1.807, 2.05) is 0 Å². The Hall–Kier alpha value is 1.48. The van der Waals surface area contributed by atoms with Gasteiger partial charge in [0.2, 0.25) is 0 Å². The van der Waals surface area contributed by atoms with Crippen molar-refractivity contribution in [2.45, 2.75) is 24.4 Å². The fraction of sp³-hybridized carbons (Fsp3) is 1.00. The van der Waals surface area contributed by atoms with Gasteiger partial charge < -0.3 is 44.4 Å². The summed E-state index contributed by atoms with van der Waals surface area (Å²) in [5.74, 6) is 0. The van der Waals surface area contributed by atoms with E-state index in [1.165, 1.54) is 0 Å². The predicted octanol–water partition coefficient (Wildman–Crippen LogP) is -5.11. The molecular weight excluding hydrogens is 384 g/mol. The monoisotopic (exact) mass is 398 g/mol. The van der Waals surface area contributed by atoms with Gasteiger partial charge in [0.25, 0.3) is 0 Å². The maximum atomic E-state index is 10.0. The number of aliphatic hydroxyl groups excluding tert-OH is 5.